The second kappa shape index (κ2) is 5.52. The topological polar surface area (TPSA) is 0 Å². The lowest BCUT2D eigenvalue weighted by Gasteiger charge is -2.15. The fourth-order valence-corrected chi connectivity index (χ4v) is 5.03. The van der Waals surface area contributed by atoms with Gasteiger partial charge in [-0.05, 0) is 13.8 Å². The van der Waals surface area contributed by atoms with Gasteiger partial charge in [-0.1, -0.05) is 70.0 Å². The van der Waals surface area contributed by atoms with E-state index < -0.39 is 8.80 Å². The summed E-state index contributed by atoms with van der Waals surface area (Å²) in [6.45, 7) is 4.31. The summed E-state index contributed by atoms with van der Waals surface area (Å²) in [5.41, 5.74) is 3.40. The Morgan fingerprint density at radius 3 is 2.29 bits per heavy atom. The number of benzene rings is 2. The molecule has 17 heavy (non-hydrogen) atoms. The molecule has 2 aromatic rings. The highest BCUT2D eigenvalue weighted by Crippen LogP contribution is 2.03. The molecule has 0 aliphatic rings. The van der Waals surface area contributed by atoms with Crippen molar-refractivity contribution in [2.75, 3.05) is 5.50 Å². The number of rotatable bonds is 3. The zero-order valence-corrected chi connectivity index (χ0v) is 12.0. The minimum atomic E-state index is -0.820. The maximum Gasteiger partial charge on any atom is 0.136 e. The van der Waals surface area contributed by atoms with E-state index in [4.69, 9.17) is 11.6 Å². The van der Waals surface area contributed by atoms with Crippen LogP contribution in [-0.4, -0.2) is 14.3 Å². The Morgan fingerprint density at radius 2 is 1.71 bits per heavy atom. The Kier molecular flexibility index (Phi) is 4.03. The van der Waals surface area contributed by atoms with Gasteiger partial charge in [-0.15, -0.1) is 11.6 Å². The van der Waals surface area contributed by atoms with Gasteiger partial charge in [0.25, 0.3) is 0 Å². The third-order valence-electron chi connectivity index (χ3n) is 2.96. The number of hydrogen-bond acceptors (Lipinski definition) is 0. The first-order valence-electron chi connectivity index (χ1n) is 5.77. The van der Waals surface area contributed by atoms with Crippen LogP contribution in [-0.2, 0) is 0 Å². The van der Waals surface area contributed by atoms with E-state index in [9.17, 15) is 0 Å². The van der Waals surface area contributed by atoms with Gasteiger partial charge in [-0.25, -0.2) is 0 Å². The van der Waals surface area contributed by atoms with E-state index in [1.165, 1.54) is 21.5 Å². The van der Waals surface area contributed by atoms with Crippen molar-refractivity contribution in [1.29, 1.82) is 0 Å². The lowest BCUT2D eigenvalue weighted by molar-refractivity contribution is 1.41. The lowest BCUT2D eigenvalue weighted by atomic mass is 10.2. The Labute approximate surface area is 110 Å². The van der Waals surface area contributed by atoms with Crippen LogP contribution in [0.4, 0.5) is 0 Å². The third kappa shape index (κ3) is 2.79. The molecule has 0 aliphatic heterocycles. The van der Waals surface area contributed by atoms with Crippen LogP contribution in [0, 0.1) is 13.8 Å². The van der Waals surface area contributed by atoms with Crippen LogP contribution in [0.5, 0.6) is 0 Å². The summed E-state index contributed by atoms with van der Waals surface area (Å²) < 4.78 is 0. The highest BCUT2D eigenvalue weighted by Gasteiger charge is 2.17. The van der Waals surface area contributed by atoms with Gasteiger partial charge in [0.1, 0.15) is 8.80 Å². The van der Waals surface area contributed by atoms with Gasteiger partial charge in [0, 0.05) is 5.50 Å². The monoisotopic (exact) mass is 259 g/mol. The molecule has 0 saturated heterocycles. The molecular formula is C15H16ClSi. The Hall–Kier alpha value is -1.05. The molecule has 0 unspecified atom stereocenters. The quantitative estimate of drug-likeness (QED) is 0.587. The first-order valence-corrected chi connectivity index (χ1v) is 8.01. The van der Waals surface area contributed by atoms with E-state index >= 15 is 0 Å². The standard InChI is InChI=1S/C15H16ClSi/c1-12-8-9-15(13(2)10-12)17(11-16)14-6-4-3-5-7-14/h3-10H,11H2,1-2H3. The predicted molar refractivity (Wildman–Crippen MR) is 78.1 cm³/mol. The average Bonchev–Trinajstić information content (AvgIpc) is 2.34. The molecule has 0 amide bonds. The maximum atomic E-state index is 6.19. The van der Waals surface area contributed by atoms with E-state index in [2.05, 4.69) is 62.4 Å². The summed E-state index contributed by atoms with van der Waals surface area (Å²) in [6, 6.07) is 17.3. The van der Waals surface area contributed by atoms with Crippen molar-refractivity contribution in [2.45, 2.75) is 13.8 Å². The molecule has 0 saturated carbocycles. The van der Waals surface area contributed by atoms with Crippen LogP contribution < -0.4 is 10.4 Å². The molecule has 2 rings (SSSR count). The Morgan fingerprint density at radius 1 is 1.00 bits per heavy atom. The summed E-state index contributed by atoms with van der Waals surface area (Å²) in [7, 11) is -0.820. The molecule has 0 spiro atoms. The maximum absolute atomic E-state index is 6.19. The van der Waals surface area contributed by atoms with Crippen LogP contribution in [0.2, 0.25) is 0 Å². The summed E-state index contributed by atoms with van der Waals surface area (Å²) >= 11 is 6.19. The fourth-order valence-electron chi connectivity index (χ4n) is 2.10. The highest BCUT2D eigenvalue weighted by molar-refractivity contribution is 6.89. The fraction of sp³-hybridized carbons (Fsp3) is 0.200. The van der Waals surface area contributed by atoms with E-state index in [-0.39, 0.29) is 0 Å². The van der Waals surface area contributed by atoms with Crippen LogP contribution >= 0.6 is 11.6 Å². The van der Waals surface area contributed by atoms with Crippen molar-refractivity contribution in [1.82, 2.24) is 0 Å². The van der Waals surface area contributed by atoms with Crippen molar-refractivity contribution in [3.63, 3.8) is 0 Å². The van der Waals surface area contributed by atoms with E-state index in [1.807, 2.05) is 0 Å². The van der Waals surface area contributed by atoms with Gasteiger partial charge in [0.15, 0.2) is 0 Å². The lowest BCUT2D eigenvalue weighted by Crippen LogP contribution is -2.45. The van der Waals surface area contributed by atoms with Crippen molar-refractivity contribution in [3.8, 4) is 0 Å². The molecule has 0 atom stereocenters. The molecule has 2 aromatic carbocycles. The summed E-state index contributed by atoms with van der Waals surface area (Å²) in [6.07, 6.45) is 0. The molecule has 0 bridgehead atoms. The zero-order valence-electron chi connectivity index (χ0n) is 10.2. The summed E-state index contributed by atoms with van der Waals surface area (Å²) in [5, 5.41) is 2.82. The molecule has 0 aromatic heterocycles. The molecule has 87 valence electrons. The number of alkyl halides is 1. The Balaban J connectivity index is 2.42. The zero-order chi connectivity index (χ0) is 12.3. The number of hydrogen-bond donors (Lipinski definition) is 0. The molecular weight excluding hydrogens is 244 g/mol. The van der Waals surface area contributed by atoms with Crippen LogP contribution in [0.25, 0.3) is 0 Å². The number of aryl methyl sites for hydroxylation is 2. The van der Waals surface area contributed by atoms with Crippen molar-refractivity contribution >= 4 is 30.8 Å². The van der Waals surface area contributed by atoms with Gasteiger partial charge in [0.05, 0.1) is 0 Å². The van der Waals surface area contributed by atoms with Crippen LogP contribution in [0.3, 0.4) is 0 Å². The average molecular weight is 260 g/mol. The van der Waals surface area contributed by atoms with Gasteiger partial charge < -0.3 is 0 Å². The van der Waals surface area contributed by atoms with Gasteiger partial charge >= 0.3 is 0 Å². The van der Waals surface area contributed by atoms with Gasteiger partial charge in [-0.3, -0.25) is 0 Å². The van der Waals surface area contributed by atoms with Gasteiger partial charge in [-0.2, -0.15) is 0 Å². The Bertz CT molecular complexity index is 494. The second-order valence-electron chi connectivity index (χ2n) is 4.30. The van der Waals surface area contributed by atoms with Crippen LogP contribution in [0.15, 0.2) is 48.5 Å². The predicted octanol–water partition coefficient (Wildman–Crippen LogP) is 2.69. The minimum Gasteiger partial charge on any atom is -0.130 e. The SMILES string of the molecule is Cc1ccc([Si](CCl)c2ccccc2)c(C)c1. The largest absolute Gasteiger partial charge is 0.136 e. The highest BCUT2D eigenvalue weighted by atomic mass is 35.5. The molecule has 0 N–H and O–H groups in total. The summed E-state index contributed by atoms with van der Waals surface area (Å²) in [4.78, 5) is 0. The molecule has 0 heterocycles. The van der Waals surface area contributed by atoms with E-state index in [0.29, 0.717) is 0 Å². The first-order chi connectivity index (χ1) is 8.22. The van der Waals surface area contributed by atoms with E-state index in [0.717, 1.165) is 5.50 Å². The van der Waals surface area contributed by atoms with E-state index in [1.54, 1.807) is 0 Å². The third-order valence-corrected chi connectivity index (χ3v) is 6.27. The van der Waals surface area contributed by atoms with Crippen molar-refractivity contribution < 1.29 is 0 Å². The second-order valence-corrected chi connectivity index (χ2v) is 7.44. The minimum absolute atomic E-state index is 0.721. The first kappa shape index (κ1) is 12.4. The molecule has 0 fully saturated rings. The smallest absolute Gasteiger partial charge is 0.130 e. The normalized spacial score (nSPS) is 10.8. The van der Waals surface area contributed by atoms with Gasteiger partial charge in [0.2, 0.25) is 0 Å². The molecule has 0 aliphatic carbocycles. The number of halogens is 1. The summed E-state index contributed by atoms with van der Waals surface area (Å²) in [5.74, 6) is 0. The molecule has 1 radical (unpaired) electrons. The molecule has 0 nitrogen and oxygen atoms in total. The van der Waals surface area contributed by atoms with Crippen molar-refractivity contribution in [2.24, 2.45) is 0 Å². The van der Waals surface area contributed by atoms with Crippen LogP contribution in [0.1, 0.15) is 11.1 Å². The van der Waals surface area contributed by atoms with Crippen molar-refractivity contribution in [3.05, 3.63) is 59.7 Å². The molecule has 2 heteroatoms.